The molecule has 0 unspecified atom stereocenters. The molecule has 0 spiro atoms. The van der Waals surface area contributed by atoms with Gasteiger partial charge in [0, 0.05) is 17.6 Å². The van der Waals surface area contributed by atoms with Crippen LogP contribution in [0.25, 0.3) is 0 Å². The van der Waals surface area contributed by atoms with Gasteiger partial charge in [0.25, 0.3) is 5.91 Å². The van der Waals surface area contributed by atoms with Crippen molar-refractivity contribution >= 4 is 21.8 Å². The highest BCUT2D eigenvalue weighted by molar-refractivity contribution is 9.10. The predicted molar refractivity (Wildman–Crippen MR) is 78.2 cm³/mol. The second kappa shape index (κ2) is 7.31. The minimum Gasteiger partial charge on any atom is -0.484 e. The molecule has 0 bridgehead atoms. The van der Waals surface area contributed by atoms with Crippen molar-refractivity contribution < 1.29 is 9.53 Å². The van der Waals surface area contributed by atoms with Crippen molar-refractivity contribution in [3.05, 3.63) is 40.4 Å². The summed E-state index contributed by atoms with van der Waals surface area (Å²) in [7, 11) is 0. The Morgan fingerprint density at radius 2 is 2.37 bits per heavy atom. The van der Waals surface area contributed by atoms with Gasteiger partial charge >= 0.3 is 0 Å². The molecule has 19 heavy (non-hydrogen) atoms. The third-order valence-electron chi connectivity index (χ3n) is 2.84. The lowest BCUT2D eigenvalue weighted by atomic mass is 10.1. The summed E-state index contributed by atoms with van der Waals surface area (Å²) in [4.78, 5) is 11.7. The van der Waals surface area contributed by atoms with Crippen LogP contribution < -0.4 is 15.4 Å². The summed E-state index contributed by atoms with van der Waals surface area (Å²) in [6.07, 6.45) is 3.12. The lowest BCUT2D eigenvalue weighted by Gasteiger charge is -2.14. The van der Waals surface area contributed by atoms with Crippen molar-refractivity contribution in [1.29, 1.82) is 0 Å². The molecule has 0 atom stereocenters. The smallest absolute Gasteiger partial charge is 0.258 e. The molecule has 0 aliphatic carbocycles. The number of rotatable bonds is 5. The Bertz CT molecular complexity index is 474. The summed E-state index contributed by atoms with van der Waals surface area (Å²) in [5.41, 5.74) is 1.27. The van der Waals surface area contributed by atoms with Crippen molar-refractivity contribution in [2.24, 2.45) is 0 Å². The normalized spacial score (nSPS) is 14.7. The first-order valence-corrected chi connectivity index (χ1v) is 7.07. The van der Waals surface area contributed by atoms with E-state index in [-0.39, 0.29) is 12.5 Å². The second-order valence-electron chi connectivity index (χ2n) is 4.34. The number of nitrogens with one attached hydrogen (secondary N) is 2. The number of carbonyl (C=O) groups is 1. The first-order chi connectivity index (χ1) is 9.24. The summed E-state index contributed by atoms with van der Waals surface area (Å²) in [5, 5.41) is 6.10. The highest BCUT2D eigenvalue weighted by Crippen LogP contribution is 2.17. The zero-order valence-corrected chi connectivity index (χ0v) is 12.2. The van der Waals surface area contributed by atoms with E-state index in [1.165, 1.54) is 5.57 Å². The van der Waals surface area contributed by atoms with Gasteiger partial charge < -0.3 is 15.4 Å². The molecular weight excluding hydrogens is 308 g/mol. The molecule has 1 aromatic rings. The third kappa shape index (κ3) is 5.04. The molecule has 0 radical (unpaired) electrons. The highest BCUT2D eigenvalue weighted by atomic mass is 79.9. The van der Waals surface area contributed by atoms with Gasteiger partial charge in [-0.3, -0.25) is 4.79 Å². The van der Waals surface area contributed by atoms with E-state index in [9.17, 15) is 4.79 Å². The molecule has 1 aliphatic rings. The van der Waals surface area contributed by atoms with Gasteiger partial charge in [-0.1, -0.05) is 33.6 Å². The van der Waals surface area contributed by atoms with Crippen molar-refractivity contribution in [3.8, 4) is 5.75 Å². The Balaban J connectivity index is 1.71. The first-order valence-electron chi connectivity index (χ1n) is 6.28. The van der Waals surface area contributed by atoms with Gasteiger partial charge in [-0.15, -0.1) is 0 Å². The van der Waals surface area contributed by atoms with E-state index >= 15 is 0 Å². The van der Waals surface area contributed by atoms with Crippen molar-refractivity contribution in [3.63, 3.8) is 0 Å². The fraction of sp³-hybridized carbons (Fsp3) is 0.357. The number of halogens is 1. The molecule has 0 saturated heterocycles. The minimum absolute atomic E-state index is 0.0436. The SMILES string of the molecule is O=C(COc1cccc(Br)c1)NCC1=CCNCC1. The lowest BCUT2D eigenvalue weighted by molar-refractivity contribution is -0.122. The number of ether oxygens (including phenoxy) is 1. The van der Waals surface area contributed by atoms with E-state index in [0.717, 1.165) is 24.0 Å². The van der Waals surface area contributed by atoms with Gasteiger partial charge in [0.05, 0.1) is 0 Å². The maximum absolute atomic E-state index is 11.7. The van der Waals surface area contributed by atoms with E-state index in [0.29, 0.717) is 12.3 Å². The molecule has 1 amide bonds. The van der Waals surface area contributed by atoms with E-state index in [4.69, 9.17) is 4.74 Å². The molecule has 102 valence electrons. The quantitative estimate of drug-likeness (QED) is 0.813. The molecular formula is C14H17BrN2O2. The Kier molecular flexibility index (Phi) is 5.42. The summed E-state index contributed by atoms with van der Waals surface area (Å²) in [5.74, 6) is 0.588. The predicted octanol–water partition coefficient (Wildman–Crippen LogP) is 1.86. The van der Waals surface area contributed by atoms with E-state index < -0.39 is 0 Å². The second-order valence-corrected chi connectivity index (χ2v) is 5.25. The van der Waals surface area contributed by atoms with Gasteiger partial charge in [0.2, 0.25) is 0 Å². The number of benzene rings is 1. The summed E-state index contributed by atoms with van der Waals surface area (Å²) in [6, 6.07) is 7.45. The topological polar surface area (TPSA) is 50.4 Å². The van der Waals surface area contributed by atoms with E-state index in [1.807, 2.05) is 24.3 Å². The van der Waals surface area contributed by atoms with Gasteiger partial charge in [-0.05, 0) is 31.2 Å². The van der Waals surface area contributed by atoms with Gasteiger partial charge in [-0.2, -0.15) is 0 Å². The summed E-state index contributed by atoms with van der Waals surface area (Å²) < 4.78 is 6.35. The molecule has 4 nitrogen and oxygen atoms in total. The summed E-state index contributed by atoms with van der Waals surface area (Å²) >= 11 is 3.36. The zero-order chi connectivity index (χ0) is 13.5. The van der Waals surface area contributed by atoms with Crippen molar-refractivity contribution in [2.45, 2.75) is 6.42 Å². The van der Waals surface area contributed by atoms with Crippen LogP contribution in [0, 0.1) is 0 Å². The number of carbonyl (C=O) groups excluding carboxylic acids is 1. The molecule has 2 rings (SSSR count). The van der Waals surface area contributed by atoms with E-state index in [2.05, 4.69) is 32.6 Å². The lowest BCUT2D eigenvalue weighted by Crippen LogP contribution is -2.32. The third-order valence-corrected chi connectivity index (χ3v) is 3.33. The fourth-order valence-corrected chi connectivity index (χ4v) is 2.18. The van der Waals surface area contributed by atoms with Crippen molar-refractivity contribution in [1.82, 2.24) is 10.6 Å². The minimum atomic E-state index is -0.0978. The van der Waals surface area contributed by atoms with Crippen LogP contribution in [0.2, 0.25) is 0 Å². The van der Waals surface area contributed by atoms with Crippen LogP contribution in [0.1, 0.15) is 6.42 Å². The molecule has 0 aromatic heterocycles. The molecule has 1 aromatic carbocycles. The average Bonchev–Trinajstić information content (AvgIpc) is 2.44. The summed E-state index contributed by atoms with van der Waals surface area (Å²) in [6.45, 7) is 2.53. The largest absolute Gasteiger partial charge is 0.484 e. The number of amides is 1. The number of hydrogen-bond donors (Lipinski definition) is 2. The van der Waals surface area contributed by atoms with Crippen LogP contribution in [0.15, 0.2) is 40.4 Å². The fourth-order valence-electron chi connectivity index (χ4n) is 1.80. The highest BCUT2D eigenvalue weighted by Gasteiger charge is 2.06. The van der Waals surface area contributed by atoms with Crippen LogP contribution in [0.4, 0.5) is 0 Å². The molecule has 0 fully saturated rings. The molecule has 0 saturated carbocycles. The van der Waals surface area contributed by atoms with Gasteiger partial charge in [0.15, 0.2) is 6.61 Å². The monoisotopic (exact) mass is 324 g/mol. The van der Waals surface area contributed by atoms with Gasteiger partial charge in [0.1, 0.15) is 5.75 Å². The maximum Gasteiger partial charge on any atom is 0.258 e. The van der Waals surface area contributed by atoms with Crippen molar-refractivity contribution in [2.75, 3.05) is 26.2 Å². The van der Waals surface area contributed by atoms with Crippen LogP contribution in [0.5, 0.6) is 5.75 Å². The first kappa shape index (κ1) is 14.1. The molecule has 1 aliphatic heterocycles. The average molecular weight is 325 g/mol. The van der Waals surface area contributed by atoms with Crippen LogP contribution >= 0.6 is 15.9 Å². The molecule has 5 heteroatoms. The zero-order valence-electron chi connectivity index (χ0n) is 10.6. The van der Waals surface area contributed by atoms with Crippen LogP contribution in [-0.2, 0) is 4.79 Å². The standard InChI is InChI=1S/C14H17BrN2O2/c15-12-2-1-3-13(8-12)19-10-14(18)17-9-11-4-6-16-7-5-11/h1-4,8,16H,5-7,9-10H2,(H,17,18). The molecule has 2 N–H and O–H groups in total. The van der Waals surface area contributed by atoms with Gasteiger partial charge in [-0.25, -0.2) is 0 Å². The Hall–Kier alpha value is -1.33. The maximum atomic E-state index is 11.7. The Labute approximate surface area is 121 Å². The number of hydrogen-bond acceptors (Lipinski definition) is 3. The molecule has 1 heterocycles. The Morgan fingerprint density at radius 3 is 3.11 bits per heavy atom. The van der Waals surface area contributed by atoms with Crippen LogP contribution in [0.3, 0.4) is 0 Å². The Morgan fingerprint density at radius 1 is 1.47 bits per heavy atom. The van der Waals surface area contributed by atoms with Crippen LogP contribution in [-0.4, -0.2) is 32.1 Å². The van der Waals surface area contributed by atoms with E-state index in [1.54, 1.807) is 0 Å².